The van der Waals surface area contributed by atoms with Crippen LogP contribution in [-0.2, 0) is 14.4 Å². The van der Waals surface area contributed by atoms with Crippen LogP contribution in [0.25, 0.3) is 0 Å². The van der Waals surface area contributed by atoms with Gasteiger partial charge in [-0.3, -0.25) is 9.59 Å². The van der Waals surface area contributed by atoms with E-state index in [1.165, 1.54) is 0 Å². The molecule has 0 aromatic rings. The van der Waals surface area contributed by atoms with E-state index < -0.39 is 18.0 Å². The predicted molar refractivity (Wildman–Crippen MR) is 62.0 cm³/mol. The van der Waals surface area contributed by atoms with Gasteiger partial charge in [0.2, 0.25) is 5.91 Å². The van der Waals surface area contributed by atoms with Gasteiger partial charge < -0.3 is 20.8 Å². The number of amides is 1. The zero-order chi connectivity index (χ0) is 13.5. The summed E-state index contributed by atoms with van der Waals surface area (Å²) in [4.78, 5) is 33.1. The van der Waals surface area contributed by atoms with Crippen molar-refractivity contribution in [2.24, 2.45) is 5.92 Å². The van der Waals surface area contributed by atoms with Crippen LogP contribution in [-0.4, -0.2) is 47.2 Å². The first-order valence-corrected chi connectivity index (χ1v) is 5.96. The van der Waals surface area contributed by atoms with Crippen LogP contribution in [0.4, 0.5) is 0 Å². The van der Waals surface area contributed by atoms with Crippen LogP contribution >= 0.6 is 0 Å². The molecule has 1 fully saturated rings. The van der Waals surface area contributed by atoms with Crippen molar-refractivity contribution in [1.29, 1.82) is 0 Å². The maximum Gasteiger partial charge on any atom is 0.326 e. The van der Waals surface area contributed by atoms with Gasteiger partial charge in [-0.25, -0.2) is 4.79 Å². The van der Waals surface area contributed by atoms with Crippen LogP contribution in [0.1, 0.15) is 25.7 Å². The van der Waals surface area contributed by atoms with E-state index in [1.54, 1.807) is 0 Å². The summed E-state index contributed by atoms with van der Waals surface area (Å²) in [6, 6.07) is -1.13. The molecular formula is C11H18N2O5. The van der Waals surface area contributed by atoms with Crippen LogP contribution in [0.2, 0.25) is 0 Å². The molecule has 0 bridgehead atoms. The number of piperidine rings is 1. The van der Waals surface area contributed by atoms with Crippen LogP contribution in [0, 0.1) is 5.92 Å². The molecule has 4 N–H and O–H groups in total. The number of carbonyl (C=O) groups excluding carboxylic acids is 1. The van der Waals surface area contributed by atoms with E-state index in [0.29, 0.717) is 6.54 Å². The lowest BCUT2D eigenvalue weighted by Crippen LogP contribution is -2.47. The summed E-state index contributed by atoms with van der Waals surface area (Å²) in [5.41, 5.74) is 0. The standard InChI is InChI=1S/C11H18N2O5/c14-9(15)4-3-8(11(17)18)13-10(16)7-2-1-5-12-6-7/h7-8,12H,1-6H2,(H,13,16)(H,14,15)(H,17,18)/t7-,8-/m0/s1. The van der Waals surface area contributed by atoms with E-state index in [0.717, 1.165) is 19.4 Å². The molecule has 1 saturated heterocycles. The molecule has 2 atom stereocenters. The molecule has 0 saturated carbocycles. The summed E-state index contributed by atoms with van der Waals surface area (Å²) in [5.74, 6) is -2.83. The topological polar surface area (TPSA) is 116 Å². The first-order valence-electron chi connectivity index (χ1n) is 5.96. The highest BCUT2D eigenvalue weighted by Crippen LogP contribution is 2.10. The lowest BCUT2D eigenvalue weighted by atomic mass is 9.98. The Kier molecular flexibility index (Phi) is 5.57. The quantitative estimate of drug-likeness (QED) is 0.506. The van der Waals surface area contributed by atoms with Crippen molar-refractivity contribution < 1.29 is 24.6 Å². The van der Waals surface area contributed by atoms with Crippen LogP contribution < -0.4 is 10.6 Å². The molecular weight excluding hydrogens is 240 g/mol. The van der Waals surface area contributed by atoms with E-state index in [4.69, 9.17) is 10.2 Å². The fraction of sp³-hybridized carbons (Fsp3) is 0.727. The molecule has 0 spiro atoms. The Morgan fingerprint density at radius 3 is 2.56 bits per heavy atom. The monoisotopic (exact) mass is 258 g/mol. The van der Waals surface area contributed by atoms with Crippen molar-refractivity contribution in [3.63, 3.8) is 0 Å². The van der Waals surface area contributed by atoms with Gasteiger partial charge >= 0.3 is 11.9 Å². The third-order valence-electron chi connectivity index (χ3n) is 2.93. The van der Waals surface area contributed by atoms with Gasteiger partial charge in [0.25, 0.3) is 0 Å². The lowest BCUT2D eigenvalue weighted by Gasteiger charge is -2.23. The van der Waals surface area contributed by atoms with Gasteiger partial charge in [0, 0.05) is 13.0 Å². The Morgan fingerprint density at radius 1 is 1.33 bits per heavy atom. The SMILES string of the molecule is O=C(O)CC[C@H](NC(=O)[C@H]1CCCNC1)C(=O)O. The molecule has 102 valence electrons. The maximum absolute atomic E-state index is 11.8. The minimum Gasteiger partial charge on any atom is -0.481 e. The molecule has 1 rings (SSSR count). The molecule has 0 aromatic carbocycles. The van der Waals surface area contributed by atoms with Gasteiger partial charge in [-0.2, -0.15) is 0 Å². The zero-order valence-corrected chi connectivity index (χ0v) is 10.0. The summed E-state index contributed by atoms with van der Waals surface area (Å²) in [5, 5.41) is 22.9. The summed E-state index contributed by atoms with van der Waals surface area (Å²) in [6.45, 7) is 1.41. The van der Waals surface area contributed by atoms with Crippen LogP contribution in [0.3, 0.4) is 0 Å². The summed E-state index contributed by atoms with van der Waals surface area (Å²) < 4.78 is 0. The van der Waals surface area contributed by atoms with Gasteiger partial charge in [0.1, 0.15) is 6.04 Å². The number of carboxylic acid groups (broad SMARTS) is 2. The number of nitrogens with one attached hydrogen (secondary N) is 2. The Bertz CT molecular complexity index is 325. The number of aliphatic carboxylic acids is 2. The van der Waals surface area contributed by atoms with Crippen molar-refractivity contribution in [3.8, 4) is 0 Å². The number of carboxylic acids is 2. The number of hydrogen-bond donors (Lipinski definition) is 4. The minimum absolute atomic E-state index is 0.101. The van der Waals surface area contributed by atoms with Crippen molar-refractivity contribution in [1.82, 2.24) is 10.6 Å². The molecule has 1 heterocycles. The second-order valence-electron chi connectivity index (χ2n) is 4.38. The lowest BCUT2D eigenvalue weighted by molar-refractivity contribution is -0.143. The molecule has 1 aliphatic rings. The van der Waals surface area contributed by atoms with E-state index in [2.05, 4.69) is 10.6 Å². The molecule has 0 radical (unpaired) electrons. The average molecular weight is 258 g/mol. The largest absolute Gasteiger partial charge is 0.481 e. The van der Waals surface area contributed by atoms with Gasteiger partial charge in [-0.15, -0.1) is 0 Å². The Labute approximate surface area is 105 Å². The molecule has 0 unspecified atom stereocenters. The Morgan fingerprint density at radius 2 is 2.06 bits per heavy atom. The smallest absolute Gasteiger partial charge is 0.326 e. The highest BCUT2D eigenvalue weighted by Gasteiger charge is 2.26. The molecule has 1 amide bonds. The second-order valence-corrected chi connectivity index (χ2v) is 4.38. The first kappa shape index (κ1) is 14.4. The molecule has 0 aliphatic carbocycles. The van der Waals surface area contributed by atoms with Crippen molar-refractivity contribution in [2.45, 2.75) is 31.7 Å². The average Bonchev–Trinajstić information content (AvgIpc) is 2.34. The molecule has 1 aliphatic heterocycles. The van der Waals surface area contributed by atoms with Crippen molar-refractivity contribution in [2.75, 3.05) is 13.1 Å². The minimum atomic E-state index is -1.20. The summed E-state index contributed by atoms with van der Waals surface area (Å²) in [7, 11) is 0. The number of carbonyl (C=O) groups is 3. The maximum atomic E-state index is 11.8. The highest BCUT2D eigenvalue weighted by molar-refractivity contribution is 5.85. The third-order valence-corrected chi connectivity index (χ3v) is 2.93. The number of hydrogen-bond acceptors (Lipinski definition) is 4. The zero-order valence-electron chi connectivity index (χ0n) is 10.0. The van der Waals surface area contributed by atoms with Gasteiger partial charge in [0.15, 0.2) is 0 Å². The molecule has 7 nitrogen and oxygen atoms in total. The normalized spacial score (nSPS) is 21.0. The van der Waals surface area contributed by atoms with E-state index in [1.807, 2.05) is 0 Å². The Balaban J connectivity index is 2.46. The molecule has 18 heavy (non-hydrogen) atoms. The Hall–Kier alpha value is -1.63. The van der Waals surface area contributed by atoms with Gasteiger partial charge in [-0.1, -0.05) is 0 Å². The molecule has 7 heteroatoms. The van der Waals surface area contributed by atoms with E-state index >= 15 is 0 Å². The highest BCUT2D eigenvalue weighted by atomic mass is 16.4. The van der Waals surface area contributed by atoms with Gasteiger partial charge in [-0.05, 0) is 25.8 Å². The van der Waals surface area contributed by atoms with E-state index in [9.17, 15) is 14.4 Å². The first-order chi connectivity index (χ1) is 8.50. The van der Waals surface area contributed by atoms with E-state index in [-0.39, 0.29) is 24.7 Å². The predicted octanol–water partition coefficient (Wildman–Crippen LogP) is -0.580. The fourth-order valence-electron chi connectivity index (χ4n) is 1.89. The number of rotatable bonds is 6. The molecule has 0 aromatic heterocycles. The van der Waals surface area contributed by atoms with Crippen molar-refractivity contribution >= 4 is 17.8 Å². The third kappa shape index (κ3) is 4.70. The van der Waals surface area contributed by atoms with Crippen LogP contribution in [0.5, 0.6) is 0 Å². The van der Waals surface area contributed by atoms with Crippen molar-refractivity contribution in [3.05, 3.63) is 0 Å². The van der Waals surface area contributed by atoms with Crippen LogP contribution in [0.15, 0.2) is 0 Å². The van der Waals surface area contributed by atoms with Gasteiger partial charge in [0.05, 0.1) is 5.92 Å². The fourth-order valence-corrected chi connectivity index (χ4v) is 1.89. The second kappa shape index (κ2) is 6.95. The summed E-state index contributed by atoms with van der Waals surface area (Å²) >= 11 is 0. The summed E-state index contributed by atoms with van der Waals surface area (Å²) in [6.07, 6.45) is 1.23.